The number of hydrogen-bond acceptors (Lipinski definition) is 3. The zero-order valence-electron chi connectivity index (χ0n) is 8.64. The lowest BCUT2D eigenvalue weighted by Crippen LogP contribution is -2.24. The first kappa shape index (κ1) is 12.2. The van der Waals surface area contributed by atoms with E-state index in [0.717, 1.165) is 5.56 Å². The lowest BCUT2D eigenvalue weighted by atomic mass is 10.1. The van der Waals surface area contributed by atoms with Crippen LogP contribution in [0.15, 0.2) is 30.3 Å². The zero-order chi connectivity index (χ0) is 11.3. The second-order valence-corrected chi connectivity index (χ2v) is 3.98. The van der Waals surface area contributed by atoms with Crippen molar-refractivity contribution >= 4 is 21.9 Å². The Bertz CT molecular complexity index is 313. The smallest absolute Gasteiger partial charge is 0.322 e. The van der Waals surface area contributed by atoms with Crippen LogP contribution in [-0.2, 0) is 14.3 Å². The lowest BCUT2D eigenvalue weighted by molar-refractivity contribution is -0.142. The van der Waals surface area contributed by atoms with Crippen LogP contribution in [0.5, 0.6) is 0 Å². The van der Waals surface area contributed by atoms with E-state index in [0.29, 0.717) is 0 Å². The third kappa shape index (κ3) is 3.04. The monoisotopic (exact) mass is 272 g/mol. The summed E-state index contributed by atoms with van der Waals surface area (Å²) in [5.41, 5.74) is 0.937. The fourth-order valence-corrected chi connectivity index (χ4v) is 2.01. The molecule has 0 radical (unpaired) electrons. The van der Waals surface area contributed by atoms with Crippen molar-refractivity contribution in [3.05, 3.63) is 35.9 Å². The minimum absolute atomic E-state index is 0.335. The van der Waals surface area contributed by atoms with Crippen molar-refractivity contribution in [3.63, 3.8) is 0 Å². The Morgan fingerprint density at radius 1 is 1.27 bits per heavy atom. The SMILES string of the molecule is COC(=O)[C@H](Br)[C@@H](OC)c1ccccc1. The van der Waals surface area contributed by atoms with Gasteiger partial charge in [-0.05, 0) is 5.56 Å². The molecule has 4 heteroatoms. The summed E-state index contributed by atoms with van der Waals surface area (Å²) in [6.45, 7) is 0. The number of carbonyl (C=O) groups is 1. The van der Waals surface area contributed by atoms with Crippen molar-refractivity contribution in [2.75, 3.05) is 14.2 Å². The summed E-state index contributed by atoms with van der Waals surface area (Å²) < 4.78 is 9.92. The van der Waals surface area contributed by atoms with E-state index < -0.39 is 4.83 Å². The molecule has 0 heterocycles. The fraction of sp³-hybridized carbons (Fsp3) is 0.364. The van der Waals surface area contributed by atoms with Crippen LogP contribution in [0.2, 0.25) is 0 Å². The normalized spacial score (nSPS) is 14.3. The van der Waals surface area contributed by atoms with Crippen molar-refractivity contribution < 1.29 is 14.3 Å². The van der Waals surface area contributed by atoms with E-state index in [1.807, 2.05) is 30.3 Å². The standard InChI is InChI=1S/C11H13BrO3/c1-14-10(9(12)11(13)15-2)8-6-4-3-5-7-8/h3-7,9-10H,1-2H3/t9-,10+/m1/s1. The van der Waals surface area contributed by atoms with Gasteiger partial charge in [-0.3, -0.25) is 4.79 Å². The summed E-state index contributed by atoms with van der Waals surface area (Å²) in [5.74, 6) is -0.342. The van der Waals surface area contributed by atoms with Gasteiger partial charge in [-0.25, -0.2) is 0 Å². The van der Waals surface area contributed by atoms with Gasteiger partial charge in [0.15, 0.2) is 0 Å². The van der Waals surface area contributed by atoms with E-state index >= 15 is 0 Å². The number of ether oxygens (including phenoxy) is 2. The largest absolute Gasteiger partial charge is 0.468 e. The first-order valence-corrected chi connectivity index (χ1v) is 5.42. The molecule has 1 aromatic carbocycles. The highest BCUT2D eigenvalue weighted by Crippen LogP contribution is 2.26. The van der Waals surface area contributed by atoms with Crippen molar-refractivity contribution in [1.82, 2.24) is 0 Å². The Hall–Kier alpha value is -0.870. The maximum absolute atomic E-state index is 11.3. The van der Waals surface area contributed by atoms with Gasteiger partial charge in [-0.2, -0.15) is 0 Å². The summed E-state index contributed by atoms with van der Waals surface area (Å²) in [7, 11) is 2.92. The second-order valence-electron chi connectivity index (χ2n) is 2.99. The number of alkyl halides is 1. The van der Waals surface area contributed by atoms with E-state index in [-0.39, 0.29) is 12.1 Å². The van der Waals surface area contributed by atoms with Crippen LogP contribution >= 0.6 is 15.9 Å². The van der Waals surface area contributed by atoms with Gasteiger partial charge in [0.2, 0.25) is 0 Å². The van der Waals surface area contributed by atoms with Crippen LogP contribution in [0, 0.1) is 0 Å². The maximum atomic E-state index is 11.3. The quantitative estimate of drug-likeness (QED) is 0.623. The molecule has 82 valence electrons. The van der Waals surface area contributed by atoms with Gasteiger partial charge in [0, 0.05) is 7.11 Å². The van der Waals surface area contributed by atoms with Gasteiger partial charge in [0.25, 0.3) is 0 Å². The number of carbonyl (C=O) groups excluding carboxylic acids is 1. The molecule has 0 unspecified atom stereocenters. The van der Waals surface area contributed by atoms with Crippen molar-refractivity contribution in [3.8, 4) is 0 Å². The highest BCUT2D eigenvalue weighted by molar-refractivity contribution is 9.10. The molecule has 0 aliphatic rings. The summed E-state index contributed by atoms with van der Waals surface area (Å²) in [6.07, 6.45) is -0.335. The minimum Gasteiger partial charge on any atom is -0.468 e. The first-order chi connectivity index (χ1) is 7.20. The number of esters is 1. The van der Waals surface area contributed by atoms with Gasteiger partial charge in [0.05, 0.1) is 7.11 Å². The van der Waals surface area contributed by atoms with Crippen molar-refractivity contribution in [1.29, 1.82) is 0 Å². The molecule has 0 saturated carbocycles. The topological polar surface area (TPSA) is 35.5 Å². The number of halogens is 1. The van der Waals surface area contributed by atoms with Crippen molar-refractivity contribution in [2.24, 2.45) is 0 Å². The molecule has 0 amide bonds. The van der Waals surface area contributed by atoms with E-state index in [1.165, 1.54) is 7.11 Å². The van der Waals surface area contributed by atoms with Gasteiger partial charge >= 0.3 is 5.97 Å². The molecular formula is C11H13BrO3. The molecule has 0 N–H and O–H groups in total. The van der Waals surface area contributed by atoms with Crippen molar-refractivity contribution in [2.45, 2.75) is 10.9 Å². The van der Waals surface area contributed by atoms with E-state index in [1.54, 1.807) is 7.11 Å². The summed E-state index contributed by atoms with van der Waals surface area (Å²) >= 11 is 3.27. The second kappa shape index (κ2) is 5.88. The first-order valence-electron chi connectivity index (χ1n) is 4.50. The zero-order valence-corrected chi connectivity index (χ0v) is 10.2. The van der Waals surface area contributed by atoms with Crippen LogP contribution in [-0.4, -0.2) is 25.0 Å². The molecule has 2 atom stereocenters. The molecule has 0 aliphatic heterocycles. The molecule has 0 fully saturated rings. The third-order valence-corrected chi connectivity index (χ3v) is 2.93. The average molecular weight is 273 g/mol. The van der Waals surface area contributed by atoms with E-state index in [2.05, 4.69) is 20.7 Å². The minimum atomic E-state index is -0.491. The third-order valence-electron chi connectivity index (χ3n) is 2.07. The molecule has 0 aliphatic carbocycles. The van der Waals surface area contributed by atoms with Crippen LogP contribution in [0.4, 0.5) is 0 Å². The molecule has 0 spiro atoms. The molecular weight excluding hydrogens is 260 g/mol. The summed E-state index contributed by atoms with van der Waals surface area (Å²) in [4.78, 5) is 10.8. The highest BCUT2D eigenvalue weighted by Gasteiger charge is 2.27. The molecule has 15 heavy (non-hydrogen) atoms. The van der Waals surface area contributed by atoms with Gasteiger partial charge in [-0.1, -0.05) is 46.3 Å². The Balaban J connectivity index is 2.85. The average Bonchev–Trinajstić information content (AvgIpc) is 2.30. The van der Waals surface area contributed by atoms with E-state index in [9.17, 15) is 4.79 Å². The predicted molar refractivity (Wildman–Crippen MR) is 60.9 cm³/mol. The van der Waals surface area contributed by atoms with E-state index in [4.69, 9.17) is 4.74 Å². The number of methoxy groups -OCH3 is 2. The fourth-order valence-electron chi connectivity index (χ4n) is 1.30. The number of rotatable bonds is 4. The van der Waals surface area contributed by atoms with Gasteiger partial charge in [0.1, 0.15) is 10.9 Å². The predicted octanol–water partition coefficient (Wildman–Crippen LogP) is 2.31. The maximum Gasteiger partial charge on any atom is 0.322 e. The molecule has 3 nitrogen and oxygen atoms in total. The molecule has 0 bridgehead atoms. The summed E-state index contributed by atoms with van der Waals surface area (Å²) in [6, 6.07) is 9.53. The number of hydrogen-bond donors (Lipinski definition) is 0. The molecule has 0 aromatic heterocycles. The molecule has 1 aromatic rings. The molecule has 0 saturated heterocycles. The summed E-state index contributed by atoms with van der Waals surface area (Å²) in [5, 5.41) is 0. The Labute approximate surface area is 97.5 Å². The Kier molecular flexibility index (Phi) is 4.78. The lowest BCUT2D eigenvalue weighted by Gasteiger charge is -2.19. The van der Waals surface area contributed by atoms with Gasteiger partial charge < -0.3 is 9.47 Å². The Morgan fingerprint density at radius 3 is 2.33 bits per heavy atom. The van der Waals surface area contributed by atoms with Crippen LogP contribution in [0.25, 0.3) is 0 Å². The van der Waals surface area contributed by atoms with Crippen LogP contribution in [0.1, 0.15) is 11.7 Å². The van der Waals surface area contributed by atoms with Crippen LogP contribution < -0.4 is 0 Å². The van der Waals surface area contributed by atoms with Gasteiger partial charge in [-0.15, -0.1) is 0 Å². The Morgan fingerprint density at radius 2 is 1.87 bits per heavy atom. The molecule has 1 rings (SSSR count). The number of benzene rings is 1. The van der Waals surface area contributed by atoms with Crippen LogP contribution in [0.3, 0.4) is 0 Å². The highest BCUT2D eigenvalue weighted by atomic mass is 79.9.